The van der Waals surface area contributed by atoms with Crippen LogP contribution in [0.25, 0.3) is 10.8 Å². The molecule has 0 saturated carbocycles. The normalized spacial score (nSPS) is 19.3. The van der Waals surface area contributed by atoms with E-state index in [4.69, 9.17) is 9.47 Å². The molecule has 1 aliphatic heterocycles. The van der Waals surface area contributed by atoms with Crippen LogP contribution in [-0.2, 0) is 11.2 Å². The van der Waals surface area contributed by atoms with Gasteiger partial charge >= 0.3 is 0 Å². The standard InChI is InChI=1S/C15H16O3/c1-17-15-8-13-11(6-7-18-9-14(13)16)10-4-2-3-5-12(10)15/h2-5,8,14,16H,6-7,9H2,1H3. The van der Waals surface area contributed by atoms with Crippen molar-refractivity contribution in [2.45, 2.75) is 12.5 Å². The number of aliphatic hydroxyl groups excluding tert-OH is 1. The molecule has 0 bridgehead atoms. The van der Waals surface area contributed by atoms with Crippen LogP contribution in [0.5, 0.6) is 5.75 Å². The monoisotopic (exact) mass is 244 g/mol. The Morgan fingerprint density at radius 2 is 2.06 bits per heavy atom. The summed E-state index contributed by atoms with van der Waals surface area (Å²) in [7, 11) is 1.66. The van der Waals surface area contributed by atoms with Crippen LogP contribution in [0.1, 0.15) is 17.2 Å². The fraction of sp³-hybridized carbons (Fsp3) is 0.333. The number of rotatable bonds is 1. The van der Waals surface area contributed by atoms with Gasteiger partial charge in [0.25, 0.3) is 0 Å². The van der Waals surface area contributed by atoms with Crippen LogP contribution in [0.2, 0.25) is 0 Å². The van der Waals surface area contributed by atoms with Crippen molar-refractivity contribution in [2.75, 3.05) is 20.3 Å². The first-order valence-electron chi connectivity index (χ1n) is 6.15. The van der Waals surface area contributed by atoms with Gasteiger partial charge in [0.1, 0.15) is 11.9 Å². The molecule has 1 N–H and O–H groups in total. The lowest BCUT2D eigenvalue weighted by molar-refractivity contribution is 0.0451. The fourth-order valence-electron chi connectivity index (χ4n) is 2.63. The van der Waals surface area contributed by atoms with Gasteiger partial charge in [0, 0.05) is 5.39 Å². The van der Waals surface area contributed by atoms with Gasteiger partial charge in [-0.15, -0.1) is 0 Å². The lowest BCUT2D eigenvalue weighted by Gasteiger charge is -2.16. The zero-order valence-electron chi connectivity index (χ0n) is 10.3. The Hall–Kier alpha value is -1.58. The first kappa shape index (κ1) is 11.5. The van der Waals surface area contributed by atoms with E-state index >= 15 is 0 Å². The molecule has 0 aromatic heterocycles. The average Bonchev–Trinajstić information content (AvgIpc) is 2.60. The van der Waals surface area contributed by atoms with Crippen molar-refractivity contribution < 1.29 is 14.6 Å². The van der Waals surface area contributed by atoms with Crippen LogP contribution in [0, 0.1) is 0 Å². The van der Waals surface area contributed by atoms with Crippen molar-refractivity contribution in [2.24, 2.45) is 0 Å². The predicted molar refractivity (Wildman–Crippen MR) is 70.0 cm³/mol. The van der Waals surface area contributed by atoms with Crippen LogP contribution < -0.4 is 4.74 Å². The van der Waals surface area contributed by atoms with Gasteiger partial charge in [0.05, 0.1) is 20.3 Å². The Labute approximate surface area is 106 Å². The first-order valence-corrected chi connectivity index (χ1v) is 6.15. The minimum Gasteiger partial charge on any atom is -0.496 e. The molecule has 94 valence electrons. The summed E-state index contributed by atoms with van der Waals surface area (Å²) < 4.78 is 10.9. The van der Waals surface area contributed by atoms with E-state index in [0.29, 0.717) is 13.2 Å². The first-order chi connectivity index (χ1) is 8.81. The second kappa shape index (κ2) is 4.59. The molecule has 1 heterocycles. The molecule has 2 aromatic carbocycles. The highest BCUT2D eigenvalue weighted by atomic mass is 16.5. The SMILES string of the molecule is COc1cc2c(c3ccccc13)CCOCC2O. The van der Waals surface area contributed by atoms with Gasteiger partial charge in [-0.3, -0.25) is 0 Å². The zero-order chi connectivity index (χ0) is 12.5. The lowest BCUT2D eigenvalue weighted by atomic mass is 9.94. The molecule has 2 aromatic rings. The van der Waals surface area contributed by atoms with Crippen LogP contribution in [-0.4, -0.2) is 25.4 Å². The second-order valence-corrected chi connectivity index (χ2v) is 4.53. The second-order valence-electron chi connectivity index (χ2n) is 4.53. The third kappa shape index (κ3) is 1.76. The predicted octanol–water partition coefficient (Wildman–Crippen LogP) is 2.45. The number of hydrogen-bond acceptors (Lipinski definition) is 3. The number of methoxy groups -OCH3 is 1. The lowest BCUT2D eigenvalue weighted by Crippen LogP contribution is -2.05. The van der Waals surface area contributed by atoms with Crippen molar-refractivity contribution in [1.82, 2.24) is 0 Å². The summed E-state index contributed by atoms with van der Waals surface area (Å²) in [5.74, 6) is 0.810. The molecular formula is C15H16O3. The molecule has 0 spiro atoms. The highest BCUT2D eigenvalue weighted by Crippen LogP contribution is 2.35. The van der Waals surface area contributed by atoms with E-state index in [2.05, 4.69) is 6.07 Å². The topological polar surface area (TPSA) is 38.7 Å². The Morgan fingerprint density at radius 3 is 2.83 bits per heavy atom. The third-order valence-electron chi connectivity index (χ3n) is 3.50. The molecular weight excluding hydrogens is 228 g/mol. The van der Waals surface area contributed by atoms with Gasteiger partial charge in [0.2, 0.25) is 0 Å². The summed E-state index contributed by atoms with van der Waals surface area (Å²) in [4.78, 5) is 0. The van der Waals surface area contributed by atoms with Crippen molar-refractivity contribution in [1.29, 1.82) is 0 Å². The van der Waals surface area contributed by atoms with Gasteiger partial charge in [-0.05, 0) is 29.0 Å². The number of hydrogen-bond donors (Lipinski definition) is 1. The summed E-state index contributed by atoms with van der Waals surface area (Å²) in [5.41, 5.74) is 2.11. The summed E-state index contributed by atoms with van der Waals surface area (Å²) in [6.45, 7) is 1.01. The van der Waals surface area contributed by atoms with Crippen molar-refractivity contribution in [3.05, 3.63) is 41.5 Å². The zero-order valence-corrected chi connectivity index (χ0v) is 10.3. The molecule has 0 fully saturated rings. The summed E-state index contributed by atoms with van der Waals surface area (Å²) in [6.07, 6.45) is 0.262. The summed E-state index contributed by atoms with van der Waals surface area (Å²) >= 11 is 0. The minimum absolute atomic E-state index is 0.356. The van der Waals surface area contributed by atoms with Crippen LogP contribution in [0.3, 0.4) is 0 Å². The largest absolute Gasteiger partial charge is 0.496 e. The van der Waals surface area contributed by atoms with Gasteiger partial charge in [-0.2, -0.15) is 0 Å². The van der Waals surface area contributed by atoms with E-state index in [1.54, 1.807) is 7.11 Å². The van der Waals surface area contributed by atoms with Gasteiger partial charge < -0.3 is 14.6 Å². The minimum atomic E-state index is -0.569. The third-order valence-corrected chi connectivity index (χ3v) is 3.50. The Morgan fingerprint density at radius 1 is 1.28 bits per heavy atom. The van der Waals surface area contributed by atoms with Gasteiger partial charge in [-0.25, -0.2) is 0 Å². The molecule has 3 heteroatoms. The molecule has 1 unspecified atom stereocenters. The number of ether oxygens (including phenoxy) is 2. The molecule has 0 saturated heterocycles. The number of fused-ring (bicyclic) bond motifs is 3. The molecule has 0 radical (unpaired) electrons. The van der Waals surface area contributed by atoms with Crippen LogP contribution >= 0.6 is 0 Å². The van der Waals surface area contributed by atoms with Crippen molar-refractivity contribution in [3.8, 4) is 5.75 Å². The molecule has 18 heavy (non-hydrogen) atoms. The number of benzene rings is 2. The molecule has 0 aliphatic carbocycles. The van der Waals surface area contributed by atoms with E-state index in [1.807, 2.05) is 24.3 Å². The Bertz CT molecular complexity index is 577. The highest BCUT2D eigenvalue weighted by Gasteiger charge is 2.20. The Kier molecular flexibility index (Phi) is 2.94. The van der Waals surface area contributed by atoms with Crippen molar-refractivity contribution >= 4 is 10.8 Å². The molecule has 3 rings (SSSR count). The van der Waals surface area contributed by atoms with Crippen LogP contribution in [0.15, 0.2) is 30.3 Å². The fourth-order valence-corrected chi connectivity index (χ4v) is 2.63. The summed E-state index contributed by atoms with van der Waals surface area (Å²) in [6, 6.07) is 10.1. The maximum absolute atomic E-state index is 10.1. The molecule has 1 aliphatic rings. The number of aliphatic hydroxyl groups is 1. The quantitative estimate of drug-likeness (QED) is 0.837. The van der Waals surface area contributed by atoms with Crippen molar-refractivity contribution in [3.63, 3.8) is 0 Å². The van der Waals surface area contributed by atoms with E-state index in [1.165, 1.54) is 5.56 Å². The van der Waals surface area contributed by atoms with E-state index in [0.717, 1.165) is 28.5 Å². The van der Waals surface area contributed by atoms with E-state index in [-0.39, 0.29) is 0 Å². The molecule has 3 nitrogen and oxygen atoms in total. The Balaban J connectivity index is 2.33. The maximum Gasteiger partial charge on any atom is 0.127 e. The van der Waals surface area contributed by atoms with E-state index in [9.17, 15) is 5.11 Å². The van der Waals surface area contributed by atoms with Gasteiger partial charge in [0.15, 0.2) is 0 Å². The average molecular weight is 244 g/mol. The molecule has 0 amide bonds. The smallest absolute Gasteiger partial charge is 0.127 e. The van der Waals surface area contributed by atoms with Crippen LogP contribution in [0.4, 0.5) is 0 Å². The van der Waals surface area contributed by atoms with E-state index < -0.39 is 6.10 Å². The summed E-state index contributed by atoms with van der Waals surface area (Å²) in [5, 5.41) is 12.4. The highest BCUT2D eigenvalue weighted by molar-refractivity contribution is 5.92. The van der Waals surface area contributed by atoms with Gasteiger partial charge in [-0.1, -0.05) is 24.3 Å². The maximum atomic E-state index is 10.1. The molecule has 1 atom stereocenters.